The van der Waals surface area contributed by atoms with Gasteiger partial charge in [-0.15, -0.1) is 0 Å². The summed E-state index contributed by atoms with van der Waals surface area (Å²) in [5.41, 5.74) is 4.31. The second-order valence-electron chi connectivity index (χ2n) is 6.93. The zero-order valence-corrected chi connectivity index (χ0v) is 16.7. The van der Waals surface area contributed by atoms with Gasteiger partial charge in [-0.05, 0) is 61.7 Å². The van der Waals surface area contributed by atoms with Crippen LogP contribution in [-0.4, -0.2) is 16.2 Å². The third-order valence-corrected chi connectivity index (χ3v) is 5.13. The molecule has 142 valence electrons. The number of nitrogens with zero attached hydrogens (tertiary/aromatic N) is 2. The molecule has 0 fully saturated rings. The van der Waals surface area contributed by atoms with Gasteiger partial charge in [-0.1, -0.05) is 48.0 Å². The van der Waals surface area contributed by atoms with E-state index in [1.54, 1.807) is 0 Å². The molecule has 4 rings (SSSR count). The van der Waals surface area contributed by atoms with Gasteiger partial charge in [0, 0.05) is 12.1 Å². The molecule has 3 nitrogen and oxygen atoms in total. The first-order valence-corrected chi connectivity index (χ1v) is 10.00. The molecule has 0 saturated heterocycles. The molecule has 4 aromatic rings. The maximum atomic E-state index is 6.45. The highest BCUT2D eigenvalue weighted by molar-refractivity contribution is 6.33. The van der Waals surface area contributed by atoms with Crippen LogP contribution >= 0.6 is 11.6 Å². The Morgan fingerprint density at radius 2 is 1.75 bits per heavy atom. The van der Waals surface area contributed by atoms with Crippen LogP contribution in [-0.2, 0) is 6.54 Å². The number of aromatic nitrogens is 2. The van der Waals surface area contributed by atoms with Crippen molar-refractivity contribution in [3.63, 3.8) is 0 Å². The van der Waals surface area contributed by atoms with Crippen LogP contribution in [0.15, 0.2) is 72.8 Å². The van der Waals surface area contributed by atoms with E-state index in [0.29, 0.717) is 6.61 Å². The van der Waals surface area contributed by atoms with E-state index in [2.05, 4.69) is 35.8 Å². The van der Waals surface area contributed by atoms with E-state index in [1.807, 2.05) is 48.5 Å². The summed E-state index contributed by atoms with van der Waals surface area (Å²) in [5, 5.41) is 0.724. The van der Waals surface area contributed by atoms with Crippen LogP contribution < -0.4 is 4.74 Å². The highest BCUT2D eigenvalue weighted by atomic mass is 35.5. The van der Waals surface area contributed by atoms with Gasteiger partial charge >= 0.3 is 0 Å². The summed E-state index contributed by atoms with van der Waals surface area (Å²) in [6, 6.07) is 24.3. The SMILES string of the molecule is Cc1cccc(OCCCCn2c(-c3ccccc3Cl)nc3ccccc32)c1. The molecule has 3 aromatic carbocycles. The Morgan fingerprint density at radius 3 is 2.61 bits per heavy atom. The van der Waals surface area contributed by atoms with Gasteiger partial charge in [0.25, 0.3) is 0 Å². The van der Waals surface area contributed by atoms with E-state index in [4.69, 9.17) is 21.3 Å². The van der Waals surface area contributed by atoms with Crippen LogP contribution in [0, 0.1) is 6.92 Å². The minimum atomic E-state index is 0.706. The Labute approximate surface area is 170 Å². The van der Waals surface area contributed by atoms with Gasteiger partial charge in [-0.25, -0.2) is 4.98 Å². The molecule has 1 heterocycles. The number of aryl methyl sites for hydroxylation is 2. The predicted octanol–water partition coefficient (Wildman–Crippen LogP) is 6.52. The molecular weight excluding hydrogens is 368 g/mol. The van der Waals surface area contributed by atoms with E-state index >= 15 is 0 Å². The van der Waals surface area contributed by atoms with Crippen molar-refractivity contribution >= 4 is 22.6 Å². The number of hydrogen-bond acceptors (Lipinski definition) is 2. The van der Waals surface area contributed by atoms with Gasteiger partial charge in [0.15, 0.2) is 0 Å². The van der Waals surface area contributed by atoms with Crippen molar-refractivity contribution in [3.8, 4) is 17.1 Å². The van der Waals surface area contributed by atoms with Crippen molar-refractivity contribution < 1.29 is 4.74 Å². The number of hydrogen-bond donors (Lipinski definition) is 0. The van der Waals surface area contributed by atoms with E-state index in [9.17, 15) is 0 Å². The summed E-state index contributed by atoms with van der Waals surface area (Å²) in [4.78, 5) is 4.85. The van der Waals surface area contributed by atoms with Gasteiger partial charge < -0.3 is 9.30 Å². The minimum absolute atomic E-state index is 0.706. The molecule has 0 atom stereocenters. The molecule has 0 N–H and O–H groups in total. The summed E-state index contributed by atoms with van der Waals surface area (Å²) in [7, 11) is 0. The summed E-state index contributed by atoms with van der Waals surface area (Å²) in [5.74, 6) is 1.86. The molecule has 0 saturated carbocycles. The number of rotatable bonds is 7. The van der Waals surface area contributed by atoms with E-state index in [-0.39, 0.29) is 0 Å². The van der Waals surface area contributed by atoms with Crippen molar-refractivity contribution in [3.05, 3.63) is 83.4 Å². The lowest BCUT2D eigenvalue weighted by molar-refractivity contribution is 0.303. The van der Waals surface area contributed by atoms with E-state index < -0.39 is 0 Å². The molecule has 28 heavy (non-hydrogen) atoms. The van der Waals surface area contributed by atoms with E-state index in [0.717, 1.165) is 52.6 Å². The largest absolute Gasteiger partial charge is 0.494 e. The predicted molar refractivity (Wildman–Crippen MR) is 116 cm³/mol. The lowest BCUT2D eigenvalue weighted by Gasteiger charge is -2.11. The Bertz CT molecular complexity index is 1090. The molecule has 0 unspecified atom stereocenters. The zero-order chi connectivity index (χ0) is 19.3. The summed E-state index contributed by atoms with van der Waals surface area (Å²) in [6.07, 6.45) is 1.98. The number of halogens is 1. The maximum absolute atomic E-state index is 6.45. The molecule has 0 amide bonds. The van der Waals surface area contributed by atoms with Crippen LogP contribution in [0.3, 0.4) is 0 Å². The molecular formula is C24H23ClN2O. The Balaban J connectivity index is 1.48. The molecule has 0 aliphatic heterocycles. The molecule has 0 spiro atoms. The third-order valence-electron chi connectivity index (χ3n) is 4.80. The van der Waals surface area contributed by atoms with Gasteiger partial charge in [-0.2, -0.15) is 0 Å². The Kier molecular flexibility index (Phi) is 5.63. The highest BCUT2D eigenvalue weighted by Gasteiger charge is 2.14. The van der Waals surface area contributed by atoms with Crippen molar-refractivity contribution in [1.82, 2.24) is 9.55 Å². The lowest BCUT2D eigenvalue weighted by Crippen LogP contribution is -2.04. The standard InChI is InChI=1S/C24H23ClN2O/c1-18-9-8-10-19(17-18)28-16-7-6-15-27-23-14-5-4-13-22(23)26-24(27)20-11-2-3-12-21(20)25/h2-5,8-14,17H,6-7,15-16H2,1H3. The minimum Gasteiger partial charge on any atom is -0.494 e. The Morgan fingerprint density at radius 1 is 0.929 bits per heavy atom. The zero-order valence-electron chi connectivity index (χ0n) is 15.9. The normalized spacial score (nSPS) is 11.1. The van der Waals surface area contributed by atoms with Crippen LogP contribution in [0.1, 0.15) is 18.4 Å². The second-order valence-corrected chi connectivity index (χ2v) is 7.33. The van der Waals surface area contributed by atoms with Gasteiger partial charge in [0.05, 0.1) is 22.7 Å². The van der Waals surface area contributed by atoms with Crippen molar-refractivity contribution in [1.29, 1.82) is 0 Å². The van der Waals surface area contributed by atoms with E-state index in [1.165, 1.54) is 5.56 Å². The first kappa shape index (κ1) is 18.6. The van der Waals surface area contributed by atoms with Crippen LogP contribution in [0.25, 0.3) is 22.4 Å². The van der Waals surface area contributed by atoms with Gasteiger partial charge in [0.1, 0.15) is 11.6 Å². The third kappa shape index (κ3) is 4.05. The van der Waals surface area contributed by atoms with Crippen molar-refractivity contribution in [2.24, 2.45) is 0 Å². The van der Waals surface area contributed by atoms with Crippen molar-refractivity contribution in [2.45, 2.75) is 26.3 Å². The monoisotopic (exact) mass is 390 g/mol. The molecule has 0 radical (unpaired) electrons. The molecule has 4 heteroatoms. The molecule has 1 aromatic heterocycles. The number of benzene rings is 3. The van der Waals surface area contributed by atoms with Crippen molar-refractivity contribution in [2.75, 3.05) is 6.61 Å². The summed E-state index contributed by atoms with van der Waals surface area (Å²) < 4.78 is 8.15. The quantitative estimate of drug-likeness (QED) is 0.335. The highest BCUT2D eigenvalue weighted by Crippen LogP contribution is 2.30. The molecule has 0 aliphatic carbocycles. The fourth-order valence-electron chi connectivity index (χ4n) is 3.42. The molecule has 0 aliphatic rings. The average molecular weight is 391 g/mol. The van der Waals surface area contributed by atoms with Crippen LogP contribution in [0.2, 0.25) is 5.02 Å². The fourth-order valence-corrected chi connectivity index (χ4v) is 3.64. The topological polar surface area (TPSA) is 27.1 Å². The average Bonchev–Trinajstić information content (AvgIpc) is 3.07. The van der Waals surface area contributed by atoms with Crippen LogP contribution in [0.4, 0.5) is 0 Å². The number of imidazole rings is 1. The fraction of sp³-hybridized carbons (Fsp3) is 0.208. The van der Waals surface area contributed by atoms with Crippen LogP contribution in [0.5, 0.6) is 5.75 Å². The smallest absolute Gasteiger partial charge is 0.142 e. The number of unbranched alkanes of at least 4 members (excludes halogenated alkanes) is 1. The summed E-state index contributed by atoms with van der Waals surface area (Å²) in [6.45, 7) is 3.66. The first-order chi connectivity index (χ1) is 13.7. The maximum Gasteiger partial charge on any atom is 0.142 e. The molecule has 0 bridgehead atoms. The van der Waals surface area contributed by atoms with Gasteiger partial charge in [-0.3, -0.25) is 0 Å². The first-order valence-electron chi connectivity index (χ1n) is 9.62. The second kappa shape index (κ2) is 8.49. The lowest BCUT2D eigenvalue weighted by atomic mass is 10.2. The summed E-state index contributed by atoms with van der Waals surface area (Å²) >= 11 is 6.45. The van der Waals surface area contributed by atoms with Gasteiger partial charge in [0.2, 0.25) is 0 Å². The number of para-hydroxylation sites is 2. The Hall–Kier alpha value is -2.78. The number of fused-ring (bicyclic) bond motifs is 1. The number of ether oxygens (including phenoxy) is 1.